The van der Waals surface area contributed by atoms with Crippen LogP contribution in [0.4, 0.5) is 18.9 Å². The lowest BCUT2D eigenvalue weighted by Gasteiger charge is -2.14. The Morgan fingerprint density at radius 3 is 2.26 bits per heavy atom. The van der Waals surface area contributed by atoms with Crippen molar-refractivity contribution in [3.8, 4) is 0 Å². The zero-order valence-electron chi connectivity index (χ0n) is 9.54. The molecule has 0 saturated heterocycles. The van der Waals surface area contributed by atoms with Crippen molar-refractivity contribution in [2.75, 3.05) is 5.73 Å². The second-order valence-electron chi connectivity index (χ2n) is 3.79. The Bertz CT molecular complexity index is 584. The number of alkyl halides is 3. The summed E-state index contributed by atoms with van der Waals surface area (Å²) in [7, 11) is 0. The molecule has 6 heteroatoms. The number of hydrogen-bond donors (Lipinski definition) is 1. The highest BCUT2D eigenvalue weighted by molar-refractivity contribution is 7.99. The van der Waals surface area contributed by atoms with Gasteiger partial charge in [-0.3, -0.25) is 0 Å². The predicted molar refractivity (Wildman–Crippen MR) is 71.4 cm³/mol. The van der Waals surface area contributed by atoms with Gasteiger partial charge in [-0.1, -0.05) is 41.6 Å². The van der Waals surface area contributed by atoms with Gasteiger partial charge >= 0.3 is 6.18 Å². The van der Waals surface area contributed by atoms with Gasteiger partial charge in [0.05, 0.1) is 10.6 Å². The van der Waals surface area contributed by atoms with Crippen LogP contribution in [0.15, 0.2) is 52.3 Å². The molecule has 0 bridgehead atoms. The standard InChI is InChI=1S/C13H9ClF3NS/c14-11-7-8(18)6-10(13(15,16)17)12(11)19-9-4-2-1-3-5-9/h1-7H,18H2. The quantitative estimate of drug-likeness (QED) is 0.782. The van der Waals surface area contributed by atoms with Crippen molar-refractivity contribution < 1.29 is 13.2 Å². The Labute approximate surface area is 117 Å². The van der Waals surface area contributed by atoms with E-state index in [2.05, 4.69) is 0 Å². The molecule has 2 aromatic carbocycles. The first-order valence-corrected chi connectivity index (χ1v) is 6.46. The van der Waals surface area contributed by atoms with E-state index < -0.39 is 11.7 Å². The van der Waals surface area contributed by atoms with Crippen molar-refractivity contribution in [1.29, 1.82) is 0 Å². The zero-order valence-corrected chi connectivity index (χ0v) is 11.1. The van der Waals surface area contributed by atoms with Crippen molar-refractivity contribution >= 4 is 29.1 Å². The molecule has 0 aliphatic carbocycles. The molecule has 2 aromatic rings. The summed E-state index contributed by atoms with van der Waals surface area (Å²) < 4.78 is 39.0. The van der Waals surface area contributed by atoms with E-state index in [9.17, 15) is 13.2 Å². The van der Waals surface area contributed by atoms with E-state index in [-0.39, 0.29) is 15.6 Å². The van der Waals surface area contributed by atoms with Crippen LogP contribution >= 0.6 is 23.4 Å². The molecule has 2 rings (SSSR count). The molecule has 0 atom stereocenters. The van der Waals surface area contributed by atoms with Gasteiger partial charge in [-0.05, 0) is 24.3 Å². The summed E-state index contributed by atoms with van der Waals surface area (Å²) in [5.41, 5.74) is 4.61. The monoisotopic (exact) mass is 303 g/mol. The fourth-order valence-corrected chi connectivity index (χ4v) is 2.85. The second kappa shape index (κ2) is 5.35. The zero-order chi connectivity index (χ0) is 14.0. The molecule has 0 spiro atoms. The largest absolute Gasteiger partial charge is 0.417 e. The lowest BCUT2D eigenvalue weighted by Crippen LogP contribution is -2.08. The van der Waals surface area contributed by atoms with Crippen LogP contribution in [0, 0.1) is 0 Å². The third kappa shape index (κ3) is 3.36. The van der Waals surface area contributed by atoms with Crippen molar-refractivity contribution in [3.63, 3.8) is 0 Å². The fraction of sp³-hybridized carbons (Fsp3) is 0.0769. The molecule has 0 unspecified atom stereocenters. The normalized spacial score (nSPS) is 11.6. The maximum absolute atomic E-state index is 13.0. The number of rotatable bonds is 2. The van der Waals surface area contributed by atoms with Crippen LogP contribution in [0.1, 0.15) is 5.56 Å². The summed E-state index contributed by atoms with van der Waals surface area (Å²) in [6.07, 6.45) is -4.49. The summed E-state index contributed by atoms with van der Waals surface area (Å²) in [6.45, 7) is 0. The topological polar surface area (TPSA) is 26.0 Å². The first-order valence-electron chi connectivity index (χ1n) is 5.27. The minimum Gasteiger partial charge on any atom is -0.399 e. The summed E-state index contributed by atoms with van der Waals surface area (Å²) in [5, 5.41) is 0.00109. The Morgan fingerprint density at radius 1 is 1.05 bits per heavy atom. The maximum Gasteiger partial charge on any atom is 0.417 e. The highest BCUT2D eigenvalue weighted by Gasteiger charge is 2.35. The van der Waals surface area contributed by atoms with E-state index in [0.29, 0.717) is 4.90 Å². The van der Waals surface area contributed by atoms with Gasteiger partial charge < -0.3 is 5.73 Å². The average molecular weight is 304 g/mol. The lowest BCUT2D eigenvalue weighted by atomic mass is 10.2. The first kappa shape index (κ1) is 14.1. The van der Waals surface area contributed by atoms with Crippen LogP contribution in [-0.2, 0) is 6.18 Å². The minimum atomic E-state index is -4.49. The van der Waals surface area contributed by atoms with Crippen LogP contribution in [0.2, 0.25) is 5.02 Å². The Hall–Kier alpha value is -1.33. The molecule has 1 nitrogen and oxygen atoms in total. The molecular weight excluding hydrogens is 295 g/mol. The van der Waals surface area contributed by atoms with Crippen molar-refractivity contribution in [3.05, 3.63) is 53.1 Å². The molecule has 0 aliphatic rings. The van der Waals surface area contributed by atoms with E-state index in [0.717, 1.165) is 17.8 Å². The summed E-state index contributed by atoms with van der Waals surface area (Å²) in [5.74, 6) is 0. The number of halogens is 4. The molecule has 0 aliphatic heterocycles. The van der Waals surface area contributed by atoms with Crippen LogP contribution in [0.3, 0.4) is 0 Å². The number of benzene rings is 2. The van der Waals surface area contributed by atoms with E-state index in [4.69, 9.17) is 17.3 Å². The lowest BCUT2D eigenvalue weighted by molar-refractivity contribution is -0.139. The molecule has 0 radical (unpaired) electrons. The SMILES string of the molecule is Nc1cc(Cl)c(Sc2ccccc2)c(C(F)(F)F)c1. The third-order valence-electron chi connectivity index (χ3n) is 2.33. The highest BCUT2D eigenvalue weighted by atomic mass is 35.5. The van der Waals surface area contributed by atoms with E-state index >= 15 is 0 Å². The van der Waals surface area contributed by atoms with Gasteiger partial charge in [-0.2, -0.15) is 13.2 Å². The molecule has 0 heterocycles. The highest BCUT2D eigenvalue weighted by Crippen LogP contribution is 2.44. The van der Waals surface area contributed by atoms with Crippen LogP contribution in [-0.4, -0.2) is 0 Å². The Balaban J connectivity index is 2.50. The molecule has 2 N–H and O–H groups in total. The molecule has 0 saturated carbocycles. The van der Waals surface area contributed by atoms with Gasteiger partial charge in [-0.15, -0.1) is 0 Å². The predicted octanol–water partition coefficient (Wildman–Crippen LogP) is 5.09. The first-order chi connectivity index (χ1) is 8.88. The maximum atomic E-state index is 13.0. The fourth-order valence-electron chi connectivity index (χ4n) is 1.54. The molecule has 100 valence electrons. The van der Waals surface area contributed by atoms with Crippen LogP contribution in [0.5, 0.6) is 0 Å². The van der Waals surface area contributed by atoms with E-state index in [1.54, 1.807) is 30.3 Å². The molecule has 19 heavy (non-hydrogen) atoms. The minimum absolute atomic E-state index is 0.00109. The number of nitrogens with two attached hydrogens (primary N) is 1. The molecular formula is C13H9ClF3NS. The second-order valence-corrected chi connectivity index (χ2v) is 5.28. The van der Waals surface area contributed by atoms with Gasteiger partial charge in [0.1, 0.15) is 0 Å². The van der Waals surface area contributed by atoms with Gasteiger partial charge in [0.2, 0.25) is 0 Å². The number of anilines is 1. The van der Waals surface area contributed by atoms with Gasteiger partial charge in [0.25, 0.3) is 0 Å². The smallest absolute Gasteiger partial charge is 0.399 e. The summed E-state index contributed by atoms with van der Waals surface area (Å²) in [4.78, 5) is 0.647. The van der Waals surface area contributed by atoms with Crippen molar-refractivity contribution in [2.24, 2.45) is 0 Å². The Morgan fingerprint density at radius 2 is 1.68 bits per heavy atom. The van der Waals surface area contributed by atoms with Crippen LogP contribution in [0.25, 0.3) is 0 Å². The van der Waals surface area contributed by atoms with E-state index in [1.807, 2.05) is 0 Å². The van der Waals surface area contributed by atoms with Gasteiger partial charge in [-0.25, -0.2) is 0 Å². The van der Waals surface area contributed by atoms with Crippen molar-refractivity contribution in [1.82, 2.24) is 0 Å². The van der Waals surface area contributed by atoms with Crippen LogP contribution < -0.4 is 5.73 Å². The van der Waals surface area contributed by atoms with Gasteiger partial charge in [0.15, 0.2) is 0 Å². The third-order valence-corrected chi connectivity index (χ3v) is 3.90. The summed E-state index contributed by atoms with van der Waals surface area (Å²) in [6, 6.07) is 11.0. The molecule has 0 amide bonds. The Kier molecular flexibility index (Phi) is 3.96. The average Bonchev–Trinajstić information content (AvgIpc) is 2.32. The number of hydrogen-bond acceptors (Lipinski definition) is 2. The molecule has 0 fully saturated rings. The van der Waals surface area contributed by atoms with E-state index in [1.165, 1.54) is 6.07 Å². The molecule has 0 aromatic heterocycles. The van der Waals surface area contributed by atoms with Crippen molar-refractivity contribution in [2.45, 2.75) is 16.0 Å². The summed E-state index contributed by atoms with van der Waals surface area (Å²) >= 11 is 6.86. The van der Waals surface area contributed by atoms with Gasteiger partial charge in [0, 0.05) is 15.5 Å². The number of nitrogen functional groups attached to an aromatic ring is 1.